The van der Waals surface area contributed by atoms with Crippen LogP contribution in [0.4, 0.5) is 0 Å². The van der Waals surface area contributed by atoms with E-state index in [1.807, 2.05) is 12.1 Å². The van der Waals surface area contributed by atoms with Gasteiger partial charge in [0.1, 0.15) is 0 Å². The van der Waals surface area contributed by atoms with E-state index in [0.29, 0.717) is 18.7 Å². The van der Waals surface area contributed by atoms with Crippen LogP contribution in [0.15, 0.2) is 24.3 Å². The fourth-order valence-electron chi connectivity index (χ4n) is 1.89. The quantitative estimate of drug-likeness (QED) is 0.840. The van der Waals surface area contributed by atoms with Crippen LogP contribution in [-0.4, -0.2) is 30.9 Å². The van der Waals surface area contributed by atoms with Crippen LogP contribution in [0.5, 0.6) is 0 Å². The van der Waals surface area contributed by atoms with Gasteiger partial charge in [-0.05, 0) is 43.0 Å². The second-order valence-corrected chi connectivity index (χ2v) is 5.13. The monoisotopic (exact) mass is 257 g/mol. The number of benzene rings is 1. The van der Waals surface area contributed by atoms with Crippen LogP contribution < -0.4 is 5.32 Å². The standard InChI is InChI=1S/C15H19N3O/c1-18(15(19)10-17-9-13-4-5-13)11-14-6-2-12(8-16)3-7-14/h2-3,6-7,13,17H,4-5,9-11H2,1H3. The van der Waals surface area contributed by atoms with Gasteiger partial charge in [0.25, 0.3) is 0 Å². The lowest BCUT2D eigenvalue weighted by atomic mass is 10.1. The summed E-state index contributed by atoms with van der Waals surface area (Å²) in [5.41, 5.74) is 1.68. The third kappa shape index (κ3) is 4.38. The van der Waals surface area contributed by atoms with Gasteiger partial charge in [0, 0.05) is 13.6 Å². The Balaban J connectivity index is 1.76. The normalized spacial score (nSPS) is 13.9. The molecule has 0 unspecified atom stereocenters. The first kappa shape index (κ1) is 13.6. The van der Waals surface area contributed by atoms with Crippen LogP contribution in [-0.2, 0) is 11.3 Å². The van der Waals surface area contributed by atoms with Gasteiger partial charge in [0.2, 0.25) is 5.91 Å². The predicted molar refractivity (Wildman–Crippen MR) is 73.2 cm³/mol. The molecule has 2 rings (SSSR count). The second-order valence-electron chi connectivity index (χ2n) is 5.13. The number of hydrogen-bond donors (Lipinski definition) is 1. The Kier molecular flexibility index (Phi) is 4.53. The summed E-state index contributed by atoms with van der Waals surface area (Å²) in [6.07, 6.45) is 2.59. The number of nitrogens with one attached hydrogen (secondary N) is 1. The molecule has 0 bridgehead atoms. The summed E-state index contributed by atoms with van der Waals surface area (Å²) in [6, 6.07) is 9.42. The van der Waals surface area contributed by atoms with Crippen LogP contribution in [0.25, 0.3) is 0 Å². The summed E-state index contributed by atoms with van der Waals surface area (Å²) in [7, 11) is 1.80. The van der Waals surface area contributed by atoms with Gasteiger partial charge in [-0.15, -0.1) is 0 Å². The number of nitrogens with zero attached hydrogens (tertiary/aromatic N) is 2. The van der Waals surface area contributed by atoms with E-state index in [-0.39, 0.29) is 5.91 Å². The Hall–Kier alpha value is -1.86. The molecular formula is C15H19N3O. The molecule has 0 heterocycles. The molecule has 0 aromatic heterocycles. The van der Waals surface area contributed by atoms with E-state index in [4.69, 9.17) is 5.26 Å². The first-order valence-corrected chi connectivity index (χ1v) is 6.63. The van der Waals surface area contributed by atoms with E-state index >= 15 is 0 Å². The van der Waals surface area contributed by atoms with Crippen molar-refractivity contribution >= 4 is 5.91 Å². The highest BCUT2D eigenvalue weighted by molar-refractivity contribution is 5.77. The molecule has 0 spiro atoms. The van der Waals surface area contributed by atoms with Gasteiger partial charge in [-0.1, -0.05) is 12.1 Å². The largest absolute Gasteiger partial charge is 0.340 e. The van der Waals surface area contributed by atoms with Gasteiger partial charge in [-0.3, -0.25) is 4.79 Å². The van der Waals surface area contributed by atoms with Crippen molar-refractivity contribution < 1.29 is 4.79 Å². The van der Waals surface area contributed by atoms with Gasteiger partial charge in [0.05, 0.1) is 18.2 Å². The lowest BCUT2D eigenvalue weighted by Gasteiger charge is -2.17. The molecule has 1 N–H and O–H groups in total. The van der Waals surface area contributed by atoms with Gasteiger partial charge < -0.3 is 10.2 Å². The molecule has 0 radical (unpaired) electrons. The SMILES string of the molecule is CN(Cc1ccc(C#N)cc1)C(=O)CNCC1CC1. The molecule has 1 aliphatic rings. The molecule has 0 aliphatic heterocycles. The average molecular weight is 257 g/mol. The third-order valence-corrected chi connectivity index (χ3v) is 3.33. The van der Waals surface area contributed by atoms with Crippen molar-refractivity contribution in [3.63, 3.8) is 0 Å². The number of carbonyl (C=O) groups is 1. The topological polar surface area (TPSA) is 56.1 Å². The highest BCUT2D eigenvalue weighted by Gasteiger charge is 2.20. The van der Waals surface area contributed by atoms with Crippen molar-refractivity contribution in [2.24, 2.45) is 5.92 Å². The molecular weight excluding hydrogens is 238 g/mol. The molecule has 0 atom stereocenters. The number of carbonyl (C=O) groups excluding carboxylic acids is 1. The number of amides is 1. The maximum absolute atomic E-state index is 11.9. The summed E-state index contributed by atoms with van der Waals surface area (Å²) in [6.45, 7) is 1.94. The van der Waals surface area contributed by atoms with Gasteiger partial charge >= 0.3 is 0 Å². The smallest absolute Gasteiger partial charge is 0.236 e. The highest BCUT2D eigenvalue weighted by atomic mass is 16.2. The second kappa shape index (κ2) is 6.35. The summed E-state index contributed by atoms with van der Waals surface area (Å²) < 4.78 is 0. The molecule has 1 fully saturated rings. The zero-order valence-corrected chi connectivity index (χ0v) is 11.2. The minimum absolute atomic E-state index is 0.102. The molecule has 4 nitrogen and oxygen atoms in total. The summed E-state index contributed by atoms with van der Waals surface area (Å²) in [4.78, 5) is 13.6. The Morgan fingerprint density at radius 3 is 2.68 bits per heavy atom. The minimum atomic E-state index is 0.102. The Labute approximate surface area is 114 Å². The first-order valence-electron chi connectivity index (χ1n) is 6.63. The van der Waals surface area contributed by atoms with E-state index < -0.39 is 0 Å². The first-order chi connectivity index (χ1) is 9.19. The van der Waals surface area contributed by atoms with Crippen molar-refractivity contribution in [1.82, 2.24) is 10.2 Å². The summed E-state index contributed by atoms with van der Waals surface area (Å²) in [5, 5.41) is 11.9. The Bertz CT molecular complexity index is 471. The third-order valence-electron chi connectivity index (χ3n) is 3.33. The van der Waals surface area contributed by atoms with E-state index in [0.717, 1.165) is 18.0 Å². The molecule has 19 heavy (non-hydrogen) atoms. The molecule has 100 valence electrons. The lowest BCUT2D eigenvalue weighted by molar-refractivity contribution is -0.129. The highest BCUT2D eigenvalue weighted by Crippen LogP contribution is 2.27. The van der Waals surface area contributed by atoms with Crippen LogP contribution in [0.1, 0.15) is 24.0 Å². The van der Waals surface area contributed by atoms with Crippen molar-refractivity contribution in [1.29, 1.82) is 5.26 Å². The number of rotatable bonds is 6. The van der Waals surface area contributed by atoms with E-state index in [2.05, 4.69) is 11.4 Å². The van der Waals surface area contributed by atoms with E-state index in [9.17, 15) is 4.79 Å². The predicted octanol–water partition coefficient (Wildman–Crippen LogP) is 1.52. The fourth-order valence-corrected chi connectivity index (χ4v) is 1.89. The van der Waals surface area contributed by atoms with Crippen molar-refractivity contribution in [2.75, 3.05) is 20.1 Å². The van der Waals surface area contributed by atoms with Crippen molar-refractivity contribution in [3.05, 3.63) is 35.4 Å². The molecule has 1 saturated carbocycles. The van der Waals surface area contributed by atoms with Crippen LogP contribution >= 0.6 is 0 Å². The molecule has 1 aromatic rings. The summed E-state index contributed by atoms with van der Waals surface area (Å²) in [5.74, 6) is 0.890. The number of nitriles is 1. The minimum Gasteiger partial charge on any atom is -0.340 e. The molecule has 1 amide bonds. The zero-order valence-electron chi connectivity index (χ0n) is 11.2. The molecule has 1 aromatic carbocycles. The van der Waals surface area contributed by atoms with Crippen molar-refractivity contribution in [3.8, 4) is 6.07 Å². The van der Waals surface area contributed by atoms with Gasteiger partial charge in [0.15, 0.2) is 0 Å². The fraction of sp³-hybridized carbons (Fsp3) is 0.467. The van der Waals surface area contributed by atoms with Crippen LogP contribution in [0.3, 0.4) is 0 Å². The van der Waals surface area contributed by atoms with Crippen molar-refractivity contribution in [2.45, 2.75) is 19.4 Å². The Morgan fingerprint density at radius 1 is 1.42 bits per heavy atom. The Morgan fingerprint density at radius 2 is 2.11 bits per heavy atom. The zero-order chi connectivity index (χ0) is 13.7. The average Bonchev–Trinajstić information content (AvgIpc) is 3.23. The number of likely N-dealkylation sites (N-methyl/N-ethyl adjacent to an activating group) is 1. The van der Waals surface area contributed by atoms with Gasteiger partial charge in [-0.2, -0.15) is 5.26 Å². The lowest BCUT2D eigenvalue weighted by Crippen LogP contribution is -2.35. The maximum Gasteiger partial charge on any atom is 0.236 e. The van der Waals surface area contributed by atoms with Crippen LogP contribution in [0.2, 0.25) is 0 Å². The molecule has 1 aliphatic carbocycles. The van der Waals surface area contributed by atoms with Gasteiger partial charge in [-0.25, -0.2) is 0 Å². The molecule has 4 heteroatoms. The van der Waals surface area contributed by atoms with E-state index in [1.165, 1.54) is 12.8 Å². The van der Waals surface area contributed by atoms with Crippen LogP contribution in [0, 0.1) is 17.2 Å². The molecule has 0 saturated heterocycles. The summed E-state index contributed by atoms with van der Waals surface area (Å²) >= 11 is 0. The number of hydrogen-bond acceptors (Lipinski definition) is 3. The maximum atomic E-state index is 11.9. The van der Waals surface area contributed by atoms with E-state index in [1.54, 1.807) is 24.1 Å².